The van der Waals surface area contributed by atoms with Gasteiger partial charge >= 0.3 is 0 Å². The second kappa shape index (κ2) is 15.0. The Morgan fingerprint density at radius 2 is 1.56 bits per heavy atom. The molecule has 0 heterocycles. The number of carbonyl (C=O) groups is 2. The van der Waals surface area contributed by atoms with Gasteiger partial charge in [0.25, 0.3) is 10.0 Å². The van der Waals surface area contributed by atoms with E-state index in [0.717, 1.165) is 20.8 Å². The molecule has 3 aromatic carbocycles. The maximum absolute atomic E-state index is 14.0. The number of amides is 2. The number of ether oxygens (including phenoxy) is 1. The Bertz CT molecular complexity index is 1380. The predicted octanol–water partition coefficient (Wildman–Crippen LogP) is 5.42. The third kappa shape index (κ3) is 8.81. The molecular formula is C31H38BrN3O5S. The molecule has 0 saturated heterocycles. The minimum atomic E-state index is -4.14. The first-order valence-electron chi connectivity index (χ1n) is 13.7. The number of hydrogen-bond acceptors (Lipinski definition) is 5. The zero-order valence-corrected chi connectivity index (χ0v) is 26.3. The van der Waals surface area contributed by atoms with E-state index in [9.17, 15) is 18.0 Å². The highest BCUT2D eigenvalue weighted by atomic mass is 79.9. The Morgan fingerprint density at radius 3 is 2.15 bits per heavy atom. The SMILES string of the molecule is CCOc1ccc(N(CC(=O)N(CCc2ccccc2)[C@H](C)C(=O)N[C@H](C)CC)S(=O)(=O)c2ccc(Br)cc2)cc1. The van der Waals surface area contributed by atoms with E-state index in [1.165, 1.54) is 17.0 Å². The first-order chi connectivity index (χ1) is 19.6. The summed E-state index contributed by atoms with van der Waals surface area (Å²) in [4.78, 5) is 28.6. The van der Waals surface area contributed by atoms with Crippen LogP contribution < -0.4 is 14.4 Å². The summed E-state index contributed by atoms with van der Waals surface area (Å²) in [6, 6.07) is 21.6. The molecule has 41 heavy (non-hydrogen) atoms. The molecule has 0 aliphatic rings. The van der Waals surface area contributed by atoms with Gasteiger partial charge in [0.15, 0.2) is 0 Å². The van der Waals surface area contributed by atoms with Crippen LogP contribution in [-0.2, 0) is 26.0 Å². The van der Waals surface area contributed by atoms with Gasteiger partial charge in [0.05, 0.1) is 17.2 Å². The molecule has 3 aromatic rings. The summed E-state index contributed by atoms with van der Waals surface area (Å²) in [5.41, 5.74) is 1.31. The van der Waals surface area contributed by atoms with Crippen molar-refractivity contribution in [1.82, 2.24) is 10.2 Å². The molecule has 0 saturated carbocycles. The van der Waals surface area contributed by atoms with E-state index < -0.39 is 28.5 Å². The fourth-order valence-electron chi connectivity index (χ4n) is 4.17. The number of halogens is 1. The molecule has 0 aliphatic carbocycles. The number of nitrogens with one attached hydrogen (secondary N) is 1. The highest BCUT2D eigenvalue weighted by molar-refractivity contribution is 9.10. The highest BCUT2D eigenvalue weighted by Crippen LogP contribution is 2.27. The van der Waals surface area contributed by atoms with E-state index in [0.29, 0.717) is 24.5 Å². The van der Waals surface area contributed by atoms with Crippen molar-refractivity contribution in [2.24, 2.45) is 0 Å². The lowest BCUT2D eigenvalue weighted by Crippen LogP contribution is -2.53. The molecular weight excluding hydrogens is 606 g/mol. The van der Waals surface area contributed by atoms with Crippen LogP contribution in [0.25, 0.3) is 0 Å². The van der Waals surface area contributed by atoms with Crippen LogP contribution in [0.1, 0.15) is 39.7 Å². The molecule has 0 unspecified atom stereocenters. The smallest absolute Gasteiger partial charge is 0.264 e. The lowest BCUT2D eigenvalue weighted by molar-refractivity contribution is -0.139. The molecule has 2 amide bonds. The quantitative estimate of drug-likeness (QED) is 0.253. The predicted molar refractivity (Wildman–Crippen MR) is 166 cm³/mol. The van der Waals surface area contributed by atoms with Crippen LogP contribution >= 0.6 is 15.9 Å². The first-order valence-corrected chi connectivity index (χ1v) is 15.9. The van der Waals surface area contributed by atoms with Gasteiger partial charge in [-0.2, -0.15) is 0 Å². The Kier molecular flexibility index (Phi) is 11.8. The fraction of sp³-hybridized carbons (Fsp3) is 0.355. The van der Waals surface area contributed by atoms with Crippen molar-refractivity contribution in [3.8, 4) is 5.75 Å². The van der Waals surface area contributed by atoms with E-state index in [1.807, 2.05) is 51.1 Å². The minimum absolute atomic E-state index is 0.0424. The van der Waals surface area contributed by atoms with Gasteiger partial charge in [0.1, 0.15) is 18.3 Å². The molecule has 220 valence electrons. The Morgan fingerprint density at radius 1 is 0.927 bits per heavy atom. The summed E-state index contributed by atoms with van der Waals surface area (Å²) < 4.78 is 35.2. The molecule has 1 N–H and O–H groups in total. The van der Waals surface area contributed by atoms with E-state index in [2.05, 4.69) is 21.2 Å². The molecule has 0 aliphatic heterocycles. The van der Waals surface area contributed by atoms with Gasteiger partial charge in [-0.15, -0.1) is 0 Å². The molecule has 0 spiro atoms. The van der Waals surface area contributed by atoms with E-state index in [4.69, 9.17) is 4.74 Å². The molecule has 2 atom stereocenters. The third-order valence-corrected chi connectivity index (χ3v) is 9.09. The number of benzene rings is 3. The van der Waals surface area contributed by atoms with Gasteiger partial charge < -0.3 is 15.0 Å². The topological polar surface area (TPSA) is 96.0 Å². The number of nitrogens with zero attached hydrogens (tertiary/aromatic N) is 2. The number of carbonyl (C=O) groups excluding carboxylic acids is 2. The molecule has 3 rings (SSSR count). The van der Waals surface area contributed by atoms with Crippen LogP contribution in [0.3, 0.4) is 0 Å². The Labute approximate surface area is 251 Å². The van der Waals surface area contributed by atoms with Crippen molar-refractivity contribution in [2.45, 2.75) is 57.5 Å². The molecule has 10 heteroatoms. The van der Waals surface area contributed by atoms with Gasteiger partial charge in [-0.05, 0) is 87.7 Å². The summed E-state index contributed by atoms with van der Waals surface area (Å²) in [6.07, 6.45) is 1.25. The Hall–Kier alpha value is -3.37. The van der Waals surface area contributed by atoms with Crippen LogP contribution in [0, 0.1) is 0 Å². The van der Waals surface area contributed by atoms with Crippen molar-refractivity contribution >= 4 is 43.5 Å². The third-order valence-electron chi connectivity index (χ3n) is 6.77. The summed E-state index contributed by atoms with van der Waals surface area (Å²) in [7, 11) is -4.14. The second-order valence-corrected chi connectivity index (χ2v) is 12.5. The summed E-state index contributed by atoms with van der Waals surface area (Å²) in [5.74, 6) is -0.185. The maximum atomic E-state index is 14.0. The lowest BCUT2D eigenvalue weighted by Gasteiger charge is -2.32. The summed E-state index contributed by atoms with van der Waals surface area (Å²) in [5, 5.41) is 2.94. The number of rotatable bonds is 14. The number of anilines is 1. The van der Waals surface area contributed by atoms with Gasteiger partial charge in [-0.3, -0.25) is 13.9 Å². The normalized spacial score (nSPS) is 12.7. The standard InChI is InChI=1S/C31H38BrN3O5S/c1-5-23(3)33-31(37)24(4)34(21-20-25-10-8-7-9-11-25)30(36)22-35(27-14-16-28(17-15-27)40-6-2)41(38,39)29-18-12-26(32)13-19-29/h7-19,23-24H,5-6,20-22H2,1-4H3,(H,33,37)/t23-,24-/m1/s1. The molecule has 0 aromatic heterocycles. The molecule has 0 fully saturated rings. The lowest BCUT2D eigenvalue weighted by atomic mass is 10.1. The van der Waals surface area contributed by atoms with E-state index >= 15 is 0 Å². The van der Waals surface area contributed by atoms with Crippen molar-refractivity contribution in [3.05, 3.63) is 88.9 Å². The van der Waals surface area contributed by atoms with Gasteiger partial charge in [-0.1, -0.05) is 53.2 Å². The summed E-state index contributed by atoms with van der Waals surface area (Å²) in [6.45, 7) is 7.63. The van der Waals surface area contributed by atoms with Crippen LogP contribution in [0.2, 0.25) is 0 Å². The molecule has 0 bridgehead atoms. The summed E-state index contributed by atoms with van der Waals surface area (Å²) >= 11 is 3.34. The number of hydrogen-bond donors (Lipinski definition) is 1. The maximum Gasteiger partial charge on any atom is 0.264 e. The van der Waals surface area contributed by atoms with Crippen LogP contribution in [0.5, 0.6) is 5.75 Å². The fourth-order valence-corrected chi connectivity index (χ4v) is 5.85. The number of sulfonamides is 1. The van der Waals surface area contributed by atoms with E-state index in [-0.39, 0.29) is 23.4 Å². The second-order valence-electron chi connectivity index (χ2n) is 9.71. The largest absolute Gasteiger partial charge is 0.494 e. The first kappa shape index (κ1) is 32.1. The zero-order chi connectivity index (χ0) is 30.0. The highest BCUT2D eigenvalue weighted by Gasteiger charge is 2.32. The van der Waals surface area contributed by atoms with Gasteiger partial charge in [0.2, 0.25) is 11.8 Å². The average Bonchev–Trinajstić information content (AvgIpc) is 2.97. The van der Waals surface area contributed by atoms with E-state index in [1.54, 1.807) is 43.3 Å². The molecule has 8 nitrogen and oxygen atoms in total. The van der Waals surface area contributed by atoms with Crippen LogP contribution in [0.15, 0.2) is 88.2 Å². The minimum Gasteiger partial charge on any atom is -0.494 e. The van der Waals surface area contributed by atoms with Crippen LogP contribution in [0.4, 0.5) is 5.69 Å². The van der Waals surface area contributed by atoms with Gasteiger partial charge in [-0.25, -0.2) is 8.42 Å². The van der Waals surface area contributed by atoms with Gasteiger partial charge in [0, 0.05) is 17.1 Å². The van der Waals surface area contributed by atoms with Crippen molar-refractivity contribution in [2.75, 3.05) is 24.0 Å². The van der Waals surface area contributed by atoms with Crippen molar-refractivity contribution < 1.29 is 22.7 Å². The monoisotopic (exact) mass is 643 g/mol. The zero-order valence-electron chi connectivity index (χ0n) is 23.9. The average molecular weight is 645 g/mol. The molecule has 0 radical (unpaired) electrons. The Balaban J connectivity index is 1.98. The van der Waals surface area contributed by atoms with Crippen molar-refractivity contribution in [1.29, 1.82) is 0 Å². The van der Waals surface area contributed by atoms with Crippen molar-refractivity contribution in [3.63, 3.8) is 0 Å². The van der Waals surface area contributed by atoms with Crippen LogP contribution in [-0.4, -0.2) is 56.9 Å².